The second kappa shape index (κ2) is 8.57. The maximum Gasteiger partial charge on any atom is 0.228 e. The number of nitrogen functional groups attached to an aromatic ring is 1. The monoisotopic (exact) mass is 377 g/mol. The van der Waals surface area contributed by atoms with Gasteiger partial charge in [-0.3, -0.25) is 4.90 Å². The molecular formula is C19H23N9. The maximum absolute atomic E-state index is 5.89. The van der Waals surface area contributed by atoms with Crippen molar-refractivity contribution >= 4 is 17.8 Å². The molecule has 28 heavy (non-hydrogen) atoms. The summed E-state index contributed by atoms with van der Waals surface area (Å²) in [6.45, 7) is 4.77. The number of rotatable bonds is 6. The first-order valence-corrected chi connectivity index (χ1v) is 9.29. The van der Waals surface area contributed by atoms with Gasteiger partial charge in [0.05, 0.1) is 6.54 Å². The van der Waals surface area contributed by atoms with Crippen LogP contribution in [0.15, 0.2) is 48.8 Å². The Morgan fingerprint density at radius 1 is 0.893 bits per heavy atom. The number of benzene rings is 1. The fourth-order valence-electron chi connectivity index (χ4n) is 3.13. The van der Waals surface area contributed by atoms with Gasteiger partial charge in [0.15, 0.2) is 0 Å². The molecule has 1 aliphatic heterocycles. The summed E-state index contributed by atoms with van der Waals surface area (Å²) in [5, 5.41) is 3.22. The van der Waals surface area contributed by atoms with Crippen molar-refractivity contribution in [1.82, 2.24) is 29.8 Å². The number of nitrogens with zero attached hydrogens (tertiary/aromatic N) is 7. The molecule has 1 aliphatic rings. The van der Waals surface area contributed by atoms with Gasteiger partial charge in [0, 0.05) is 45.1 Å². The zero-order valence-corrected chi connectivity index (χ0v) is 15.6. The molecule has 0 bridgehead atoms. The summed E-state index contributed by atoms with van der Waals surface area (Å²) in [5.74, 6) is 2.19. The summed E-state index contributed by atoms with van der Waals surface area (Å²) in [5.41, 5.74) is 7.04. The second-order valence-corrected chi connectivity index (χ2v) is 6.58. The first kappa shape index (κ1) is 18.1. The van der Waals surface area contributed by atoms with Crippen molar-refractivity contribution in [2.24, 2.45) is 0 Å². The van der Waals surface area contributed by atoms with Gasteiger partial charge in [-0.15, -0.1) is 0 Å². The highest BCUT2D eigenvalue weighted by Crippen LogP contribution is 2.12. The lowest BCUT2D eigenvalue weighted by Gasteiger charge is -2.34. The number of nitrogens with one attached hydrogen (secondary N) is 1. The molecule has 0 amide bonds. The molecule has 9 heteroatoms. The average molecular weight is 377 g/mol. The summed E-state index contributed by atoms with van der Waals surface area (Å²) in [6.07, 6.45) is 3.54. The molecule has 0 radical (unpaired) electrons. The Balaban J connectivity index is 1.34. The second-order valence-electron chi connectivity index (χ2n) is 6.58. The number of nitrogens with two attached hydrogens (primary N) is 1. The third-order valence-corrected chi connectivity index (χ3v) is 4.56. The summed E-state index contributed by atoms with van der Waals surface area (Å²) in [6, 6.07) is 11.9. The standard InChI is InChI=1S/C19H23N9/c20-17-24-16(25-18(26-17)23-13-15-5-2-1-3-6-15)14-27-9-11-28(12-10-27)19-21-7-4-8-22-19/h1-8H,9-14H2,(H3,20,23,24,25,26). The lowest BCUT2D eigenvalue weighted by Crippen LogP contribution is -2.46. The fraction of sp³-hybridized carbons (Fsp3) is 0.316. The SMILES string of the molecule is Nc1nc(CN2CCN(c3ncccn3)CC2)nc(NCc2ccccc2)n1. The molecule has 0 spiro atoms. The van der Waals surface area contributed by atoms with Gasteiger partial charge in [-0.05, 0) is 11.6 Å². The minimum atomic E-state index is 0.233. The van der Waals surface area contributed by atoms with Crippen molar-refractivity contribution in [3.8, 4) is 0 Å². The first-order valence-electron chi connectivity index (χ1n) is 9.29. The highest BCUT2D eigenvalue weighted by atomic mass is 15.3. The van der Waals surface area contributed by atoms with Crippen molar-refractivity contribution in [3.05, 3.63) is 60.2 Å². The molecule has 4 rings (SSSR count). The molecule has 3 aromatic rings. The molecule has 2 aromatic heterocycles. The summed E-state index contributed by atoms with van der Waals surface area (Å²) in [7, 11) is 0. The van der Waals surface area contributed by atoms with Crippen molar-refractivity contribution in [2.75, 3.05) is 42.1 Å². The van der Waals surface area contributed by atoms with Gasteiger partial charge >= 0.3 is 0 Å². The third kappa shape index (κ3) is 4.68. The van der Waals surface area contributed by atoms with Crippen LogP contribution in [0.4, 0.5) is 17.8 Å². The van der Waals surface area contributed by atoms with E-state index in [1.807, 2.05) is 36.4 Å². The number of hydrogen-bond donors (Lipinski definition) is 2. The first-order chi connectivity index (χ1) is 13.8. The number of hydrogen-bond acceptors (Lipinski definition) is 9. The Hall–Kier alpha value is -3.33. The molecule has 9 nitrogen and oxygen atoms in total. The quantitative estimate of drug-likeness (QED) is 0.654. The molecule has 3 N–H and O–H groups in total. The van der Waals surface area contributed by atoms with E-state index < -0.39 is 0 Å². The van der Waals surface area contributed by atoms with Crippen LogP contribution in [0.5, 0.6) is 0 Å². The van der Waals surface area contributed by atoms with Crippen molar-refractivity contribution < 1.29 is 0 Å². The van der Waals surface area contributed by atoms with Crippen LogP contribution in [0.2, 0.25) is 0 Å². The van der Waals surface area contributed by atoms with Gasteiger partial charge in [-0.1, -0.05) is 30.3 Å². The summed E-state index contributed by atoms with van der Waals surface area (Å²) < 4.78 is 0. The molecule has 0 unspecified atom stereocenters. The highest BCUT2D eigenvalue weighted by Gasteiger charge is 2.20. The van der Waals surface area contributed by atoms with Gasteiger partial charge in [-0.2, -0.15) is 15.0 Å². The van der Waals surface area contributed by atoms with E-state index in [0.717, 1.165) is 37.7 Å². The Labute approximate surface area is 163 Å². The van der Waals surface area contributed by atoms with E-state index in [2.05, 4.69) is 40.0 Å². The minimum absolute atomic E-state index is 0.233. The molecule has 0 aliphatic carbocycles. The van der Waals surface area contributed by atoms with Crippen molar-refractivity contribution in [3.63, 3.8) is 0 Å². The lowest BCUT2D eigenvalue weighted by molar-refractivity contribution is 0.243. The van der Waals surface area contributed by atoms with Crippen molar-refractivity contribution in [1.29, 1.82) is 0 Å². The maximum atomic E-state index is 5.89. The van der Waals surface area contributed by atoms with Gasteiger partial charge in [-0.25, -0.2) is 9.97 Å². The molecule has 1 saturated heterocycles. The predicted octanol–water partition coefficient (Wildman–Crippen LogP) is 1.18. The molecule has 0 saturated carbocycles. The molecular weight excluding hydrogens is 354 g/mol. The number of aromatic nitrogens is 5. The van der Waals surface area contributed by atoms with Gasteiger partial charge in [0.25, 0.3) is 0 Å². The van der Waals surface area contributed by atoms with E-state index in [1.165, 1.54) is 0 Å². The van der Waals surface area contributed by atoms with E-state index in [4.69, 9.17) is 5.73 Å². The van der Waals surface area contributed by atoms with Crippen LogP contribution < -0.4 is 16.0 Å². The Morgan fingerprint density at radius 2 is 1.64 bits per heavy atom. The van der Waals surface area contributed by atoms with Crippen LogP contribution in [0.25, 0.3) is 0 Å². The van der Waals surface area contributed by atoms with Crippen molar-refractivity contribution in [2.45, 2.75) is 13.1 Å². The summed E-state index contributed by atoms with van der Waals surface area (Å²) in [4.78, 5) is 26.1. The summed E-state index contributed by atoms with van der Waals surface area (Å²) >= 11 is 0. The van der Waals surface area contributed by atoms with Crippen LogP contribution >= 0.6 is 0 Å². The Bertz CT molecular complexity index is 880. The van der Waals surface area contributed by atoms with Crippen LogP contribution in [-0.2, 0) is 13.1 Å². The van der Waals surface area contributed by atoms with E-state index in [-0.39, 0.29) is 5.95 Å². The fourth-order valence-corrected chi connectivity index (χ4v) is 3.13. The Morgan fingerprint density at radius 3 is 2.39 bits per heavy atom. The zero-order valence-electron chi connectivity index (χ0n) is 15.6. The normalized spacial score (nSPS) is 14.8. The van der Waals surface area contributed by atoms with Gasteiger partial charge < -0.3 is 16.0 Å². The molecule has 1 aromatic carbocycles. The molecule has 1 fully saturated rings. The molecule has 3 heterocycles. The highest BCUT2D eigenvalue weighted by molar-refractivity contribution is 5.33. The predicted molar refractivity (Wildman–Crippen MR) is 108 cm³/mol. The molecule has 0 atom stereocenters. The number of anilines is 3. The minimum Gasteiger partial charge on any atom is -0.368 e. The largest absolute Gasteiger partial charge is 0.368 e. The van der Waals surface area contributed by atoms with E-state index in [0.29, 0.717) is 24.9 Å². The smallest absolute Gasteiger partial charge is 0.228 e. The van der Waals surface area contributed by atoms with Crippen LogP contribution in [-0.4, -0.2) is 56.0 Å². The lowest BCUT2D eigenvalue weighted by atomic mass is 10.2. The average Bonchev–Trinajstić information content (AvgIpc) is 2.74. The third-order valence-electron chi connectivity index (χ3n) is 4.56. The van der Waals surface area contributed by atoms with Crippen LogP contribution in [0.3, 0.4) is 0 Å². The van der Waals surface area contributed by atoms with E-state index in [1.54, 1.807) is 12.4 Å². The Kier molecular flexibility index (Phi) is 5.53. The van der Waals surface area contributed by atoms with E-state index >= 15 is 0 Å². The van der Waals surface area contributed by atoms with Gasteiger partial charge in [0.1, 0.15) is 5.82 Å². The zero-order chi connectivity index (χ0) is 19.2. The van der Waals surface area contributed by atoms with Gasteiger partial charge in [0.2, 0.25) is 17.8 Å². The van der Waals surface area contributed by atoms with E-state index in [9.17, 15) is 0 Å². The number of piperazine rings is 1. The van der Waals surface area contributed by atoms with Crippen LogP contribution in [0.1, 0.15) is 11.4 Å². The van der Waals surface area contributed by atoms with Crippen LogP contribution in [0, 0.1) is 0 Å². The topological polar surface area (TPSA) is 109 Å². The molecule has 144 valence electrons.